The number of rotatable bonds is 7. The monoisotopic (exact) mass is 666 g/mol. The Morgan fingerprint density at radius 1 is 1.05 bits per heavy atom. The van der Waals surface area contributed by atoms with Crippen LogP contribution in [0.2, 0.25) is 5.02 Å². The van der Waals surface area contributed by atoms with Gasteiger partial charge in [-0.15, -0.1) is 0 Å². The van der Waals surface area contributed by atoms with E-state index >= 15 is 0 Å². The number of carbonyl (C=O) groups is 3. The molecule has 0 aliphatic carbocycles. The Labute approximate surface area is 237 Å². The maximum Gasteiger partial charge on any atom is 0.339 e. The Hall–Kier alpha value is -3.42. The van der Waals surface area contributed by atoms with Crippen molar-refractivity contribution in [2.45, 2.75) is 18.7 Å². The fraction of sp³-hybridized carbons (Fsp3) is 0.115. The normalized spacial score (nSPS) is 15.0. The van der Waals surface area contributed by atoms with Crippen molar-refractivity contribution in [2.24, 2.45) is 0 Å². The predicted molar refractivity (Wildman–Crippen MR) is 150 cm³/mol. The van der Waals surface area contributed by atoms with Crippen molar-refractivity contribution in [2.75, 3.05) is 11.5 Å². The average molecular weight is 667 g/mol. The van der Waals surface area contributed by atoms with E-state index in [-0.39, 0.29) is 34.3 Å². The lowest BCUT2D eigenvalue weighted by atomic mass is 10.1. The highest BCUT2D eigenvalue weighted by atomic mass is 127. The third-order valence-electron chi connectivity index (χ3n) is 5.38. The molecule has 0 spiro atoms. The van der Waals surface area contributed by atoms with E-state index in [0.717, 1.165) is 4.90 Å². The van der Waals surface area contributed by atoms with E-state index in [9.17, 15) is 22.8 Å². The number of nitrogens with zero attached hydrogens (tertiary/aromatic N) is 1. The second-order valence-electron chi connectivity index (χ2n) is 8.00. The second kappa shape index (κ2) is 11.1. The Morgan fingerprint density at radius 2 is 1.76 bits per heavy atom. The van der Waals surface area contributed by atoms with Gasteiger partial charge in [-0.2, -0.15) is 8.42 Å². The highest BCUT2D eigenvalue weighted by molar-refractivity contribution is 14.1. The van der Waals surface area contributed by atoms with Gasteiger partial charge in [-0.1, -0.05) is 35.9 Å². The molecule has 0 bridgehead atoms. The topological polar surface area (TPSA) is 119 Å². The lowest BCUT2D eigenvalue weighted by Crippen LogP contribution is -2.54. The van der Waals surface area contributed by atoms with Crippen LogP contribution < -0.4 is 19.1 Å². The maximum absolute atomic E-state index is 13.3. The number of urea groups is 1. The van der Waals surface area contributed by atoms with Crippen LogP contribution in [0.25, 0.3) is 6.08 Å². The van der Waals surface area contributed by atoms with Gasteiger partial charge >= 0.3 is 16.1 Å². The fourth-order valence-corrected chi connectivity index (χ4v) is 5.66. The first-order valence-electron chi connectivity index (χ1n) is 11.2. The summed E-state index contributed by atoms with van der Waals surface area (Å²) in [4.78, 5) is 39.3. The van der Waals surface area contributed by atoms with Crippen LogP contribution in [0, 0.1) is 10.5 Å². The summed E-state index contributed by atoms with van der Waals surface area (Å²) in [5, 5.41) is 2.48. The van der Waals surface area contributed by atoms with Crippen molar-refractivity contribution >= 4 is 73.9 Å². The number of aryl methyl sites for hydroxylation is 1. The number of carbonyl (C=O) groups excluding carboxylic acids is 3. The maximum atomic E-state index is 13.3. The average Bonchev–Trinajstić information content (AvgIpc) is 2.86. The van der Waals surface area contributed by atoms with E-state index in [1.807, 2.05) is 22.6 Å². The quantitative estimate of drug-likeness (QED) is 0.162. The molecular weight excluding hydrogens is 647 g/mol. The minimum Gasteiger partial charge on any atom is -0.490 e. The van der Waals surface area contributed by atoms with E-state index in [1.54, 1.807) is 44.2 Å². The highest BCUT2D eigenvalue weighted by Crippen LogP contribution is 2.37. The Morgan fingerprint density at radius 3 is 2.45 bits per heavy atom. The molecule has 3 aromatic rings. The first-order valence-corrected chi connectivity index (χ1v) is 14.0. The summed E-state index contributed by atoms with van der Waals surface area (Å²) in [5.41, 5.74) is 0.865. The Kier molecular flexibility index (Phi) is 8.09. The number of hydrogen-bond acceptors (Lipinski definition) is 7. The van der Waals surface area contributed by atoms with Gasteiger partial charge in [-0.05, 0) is 90.0 Å². The number of anilines is 1. The van der Waals surface area contributed by atoms with Crippen LogP contribution in [0.4, 0.5) is 10.5 Å². The number of nitrogens with one attached hydrogen (secondary N) is 1. The lowest BCUT2D eigenvalue weighted by molar-refractivity contribution is -0.122. The zero-order valence-electron chi connectivity index (χ0n) is 20.0. The molecule has 9 nitrogen and oxygen atoms in total. The number of benzene rings is 3. The third kappa shape index (κ3) is 5.69. The molecule has 0 aromatic heterocycles. The summed E-state index contributed by atoms with van der Waals surface area (Å²) >= 11 is 7.95. The number of ether oxygens (including phenoxy) is 1. The first-order chi connectivity index (χ1) is 18.0. The summed E-state index contributed by atoms with van der Waals surface area (Å²) in [6.45, 7) is 3.60. The van der Waals surface area contributed by atoms with Gasteiger partial charge in [-0.3, -0.25) is 14.9 Å². The zero-order valence-corrected chi connectivity index (χ0v) is 23.8. The van der Waals surface area contributed by atoms with Crippen molar-refractivity contribution in [3.8, 4) is 11.5 Å². The smallest absolute Gasteiger partial charge is 0.339 e. The summed E-state index contributed by atoms with van der Waals surface area (Å²) in [6.07, 6.45) is 1.29. The zero-order chi connectivity index (χ0) is 27.6. The van der Waals surface area contributed by atoms with Gasteiger partial charge in [0.05, 0.1) is 15.9 Å². The molecule has 0 saturated carbocycles. The van der Waals surface area contributed by atoms with Crippen LogP contribution in [-0.2, 0) is 19.7 Å². The van der Waals surface area contributed by atoms with E-state index in [0.29, 0.717) is 19.7 Å². The van der Waals surface area contributed by atoms with Gasteiger partial charge in [-0.25, -0.2) is 9.69 Å². The molecule has 4 rings (SSSR count). The minimum atomic E-state index is -4.16. The first kappa shape index (κ1) is 27.6. The van der Waals surface area contributed by atoms with E-state index < -0.39 is 28.0 Å². The lowest BCUT2D eigenvalue weighted by Gasteiger charge is -2.27. The molecule has 1 saturated heterocycles. The number of hydrogen-bond donors (Lipinski definition) is 1. The number of halogens is 2. The highest BCUT2D eigenvalue weighted by Gasteiger charge is 2.37. The van der Waals surface area contributed by atoms with Crippen molar-refractivity contribution in [1.29, 1.82) is 0 Å². The van der Waals surface area contributed by atoms with Crippen LogP contribution in [0.1, 0.15) is 18.1 Å². The Bertz CT molecular complexity index is 1590. The molecule has 1 aliphatic rings. The second-order valence-corrected chi connectivity index (χ2v) is 11.1. The van der Waals surface area contributed by atoms with Crippen molar-refractivity contribution in [1.82, 2.24) is 5.32 Å². The molecule has 38 heavy (non-hydrogen) atoms. The van der Waals surface area contributed by atoms with Crippen LogP contribution in [0.15, 0.2) is 71.1 Å². The van der Waals surface area contributed by atoms with Gasteiger partial charge in [0.25, 0.3) is 11.8 Å². The third-order valence-corrected chi connectivity index (χ3v) is 7.65. The number of barbiturate groups is 1. The minimum absolute atomic E-state index is 0.0324. The molecule has 1 fully saturated rings. The Balaban J connectivity index is 1.75. The summed E-state index contributed by atoms with van der Waals surface area (Å²) in [7, 11) is -4.16. The van der Waals surface area contributed by atoms with Gasteiger partial charge in [0.15, 0.2) is 11.5 Å². The molecule has 1 aliphatic heterocycles. The molecule has 3 aromatic carbocycles. The molecule has 0 atom stereocenters. The standard InChI is InChI=1S/C26H20ClIN2O7S/c1-3-36-22-13-16(12-20(28)23(22)37-38(34,35)18-7-5-4-6-8-18)11-19-24(31)29-26(33)30(25(19)32)21-14-17(27)10-9-15(21)2/h4-14H,3H2,1-2H3,(H,29,31,33)/b19-11+. The van der Waals surface area contributed by atoms with Crippen molar-refractivity contribution < 1.29 is 31.7 Å². The molecule has 1 N–H and O–H groups in total. The predicted octanol–water partition coefficient (Wildman–Crippen LogP) is 5.09. The molecule has 196 valence electrons. The summed E-state index contributed by atoms with van der Waals surface area (Å²) in [6, 6.07) is 14.4. The van der Waals surface area contributed by atoms with Gasteiger partial charge in [0.2, 0.25) is 0 Å². The molecule has 12 heteroatoms. The van der Waals surface area contributed by atoms with Crippen LogP contribution in [-0.4, -0.2) is 32.9 Å². The van der Waals surface area contributed by atoms with Crippen LogP contribution in [0.3, 0.4) is 0 Å². The van der Waals surface area contributed by atoms with Crippen LogP contribution >= 0.6 is 34.2 Å². The van der Waals surface area contributed by atoms with Crippen molar-refractivity contribution in [3.05, 3.63) is 86.0 Å². The fourth-order valence-electron chi connectivity index (χ4n) is 3.63. The SMILES string of the molecule is CCOc1cc(/C=C2\C(=O)NC(=O)N(c3cc(Cl)ccc3C)C2=O)cc(I)c1OS(=O)(=O)c1ccccc1. The number of amides is 4. The van der Waals surface area contributed by atoms with E-state index in [4.69, 9.17) is 20.5 Å². The number of imide groups is 2. The van der Waals surface area contributed by atoms with Crippen molar-refractivity contribution in [3.63, 3.8) is 0 Å². The molecular formula is C26H20ClIN2O7S. The summed E-state index contributed by atoms with van der Waals surface area (Å²) < 4.78 is 37.0. The molecule has 0 unspecified atom stereocenters. The van der Waals surface area contributed by atoms with Crippen LogP contribution in [0.5, 0.6) is 11.5 Å². The molecule has 4 amide bonds. The van der Waals surface area contributed by atoms with Gasteiger partial charge < -0.3 is 8.92 Å². The molecule has 0 radical (unpaired) electrons. The van der Waals surface area contributed by atoms with E-state index in [2.05, 4.69) is 5.32 Å². The molecule has 1 heterocycles. The largest absolute Gasteiger partial charge is 0.490 e. The van der Waals surface area contributed by atoms with Gasteiger partial charge in [0.1, 0.15) is 10.5 Å². The van der Waals surface area contributed by atoms with Gasteiger partial charge in [0, 0.05) is 5.02 Å². The van der Waals surface area contributed by atoms with E-state index in [1.165, 1.54) is 36.4 Å². The summed E-state index contributed by atoms with van der Waals surface area (Å²) in [5.74, 6) is -1.67.